The summed E-state index contributed by atoms with van der Waals surface area (Å²) in [6.45, 7) is 11.6. The third-order valence-corrected chi connectivity index (χ3v) is 5.67. The third kappa shape index (κ3) is 3.02. The van der Waals surface area contributed by atoms with Gasteiger partial charge in [0.2, 0.25) is 0 Å². The van der Waals surface area contributed by atoms with Gasteiger partial charge in [-0.25, -0.2) is 0 Å². The summed E-state index contributed by atoms with van der Waals surface area (Å²) in [5.41, 5.74) is 5.72. The molecule has 0 spiro atoms. The molecule has 0 aromatic heterocycles. The minimum Gasteiger partial charge on any atom is -0.306 e. The highest BCUT2D eigenvalue weighted by Gasteiger charge is 2.35. The average Bonchev–Trinajstić information content (AvgIpc) is 2.86. The Labute approximate surface area is 129 Å². The van der Waals surface area contributed by atoms with Gasteiger partial charge in [-0.1, -0.05) is 18.6 Å². The molecular weight excluding hydrogens is 256 g/mol. The largest absolute Gasteiger partial charge is 0.306 e. The van der Waals surface area contributed by atoms with Crippen molar-refractivity contribution in [1.82, 2.24) is 10.2 Å². The predicted octanol–water partition coefficient (Wildman–Crippen LogP) is 3.89. The minimum atomic E-state index is 0.455. The lowest BCUT2D eigenvalue weighted by atomic mass is 9.94. The van der Waals surface area contributed by atoms with E-state index in [0.29, 0.717) is 12.1 Å². The topological polar surface area (TPSA) is 15.3 Å². The van der Waals surface area contributed by atoms with E-state index in [0.717, 1.165) is 6.04 Å². The van der Waals surface area contributed by atoms with Crippen molar-refractivity contribution < 1.29 is 0 Å². The fraction of sp³-hybridized carbons (Fsp3) is 0.684. The van der Waals surface area contributed by atoms with Gasteiger partial charge in [0.1, 0.15) is 0 Å². The Morgan fingerprint density at radius 2 is 1.76 bits per heavy atom. The van der Waals surface area contributed by atoms with Crippen LogP contribution in [0.15, 0.2) is 12.1 Å². The number of hydrogen-bond acceptors (Lipinski definition) is 2. The summed E-state index contributed by atoms with van der Waals surface area (Å²) in [6, 6.07) is 6.64. The number of aryl methyl sites for hydroxylation is 3. The monoisotopic (exact) mass is 286 g/mol. The van der Waals surface area contributed by atoms with Crippen molar-refractivity contribution in [3.05, 3.63) is 34.4 Å². The molecule has 2 aliphatic rings. The third-order valence-electron chi connectivity index (χ3n) is 5.67. The van der Waals surface area contributed by atoms with Crippen LogP contribution in [-0.4, -0.2) is 30.1 Å². The lowest BCUT2D eigenvalue weighted by molar-refractivity contribution is 0.177. The van der Waals surface area contributed by atoms with E-state index in [1.54, 1.807) is 0 Å². The number of fused-ring (bicyclic) bond motifs is 1. The molecule has 3 rings (SSSR count). The number of rotatable bonds is 3. The van der Waals surface area contributed by atoms with Gasteiger partial charge in [-0.2, -0.15) is 0 Å². The van der Waals surface area contributed by atoms with E-state index >= 15 is 0 Å². The van der Waals surface area contributed by atoms with Gasteiger partial charge < -0.3 is 5.32 Å². The van der Waals surface area contributed by atoms with Crippen LogP contribution in [0.5, 0.6) is 0 Å². The Bertz CT molecular complexity index is 509. The van der Waals surface area contributed by atoms with Crippen LogP contribution in [0.25, 0.3) is 0 Å². The van der Waals surface area contributed by atoms with Crippen molar-refractivity contribution in [1.29, 1.82) is 0 Å². The number of benzene rings is 1. The molecular formula is C19H30N2. The predicted molar refractivity (Wildman–Crippen MR) is 89.8 cm³/mol. The van der Waals surface area contributed by atoms with E-state index in [4.69, 9.17) is 0 Å². The maximum Gasteiger partial charge on any atom is 0.0297 e. The molecule has 3 unspecified atom stereocenters. The van der Waals surface area contributed by atoms with Crippen LogP contribution in [0, 0.1) is 20.8 Å². The number of piperidine rings is 1. The van der Waals surface area contributed by atoms with Crippen LogP contribution in [-0.2, 0) is 0 Å². The molecule has 2 fully saturated rings. The zero-order valence-corrected chi connectivity index (χ0v) is 14.1. The average molecular weight is 286 g/mol. The van der Waals surface area contributed by atoms with Crippen molar-refractivity contribution in [3.63, 3.8) is 0 Å². The van der Waals surface area contributed by atoms with Gasteiger partial charge in [0.15, 0.2) is 0 Å². The zero-order valence-electron chi connectivity index (χ0n) is 14.1. The number of hydrogen-bond donors (Lipinski definition) is 1. The molecule has 1 aromatic rings. The lowest BCUT2D eigenvalue weighted by Gasteiger charge is -2.34. The molecule has 3 atom stereocenters. The summed E-state index contributed by atoms with van der Waals surface area (Å²) >= 11 is 0. The van der Waals surface area contributed by atoms with Crippen LogP contribution >= 0.6 is 0 Å². The quantitative estimate of drug-likeness (QED) is 0.907. The van der Waals surface area contributed by atoms with Gasteiger partial charge in [-0.15, -0.1) is 0 Å². The first kappa shape index (κ1) is 15.1. The molecule has 2 heteroatoms. The van der Waals surface area contributed by atoms with Crippen LogP contribution < -0.4 is 5.32 Å². The van der Waals surface area contributed by atoms with E-state index in [1.165, 1.54) is 61.0 Å². The molecule has 0 amide bonds. The Kier molecular flexibility index (Phi) is 4.37. The highest BCUT2D eigenvalue weighted by molar-refractivity contribution is 5.38. The molecule has 1 N–H and O–H groups in total. The molecule has 21 heavy (non-hydrogen) atoms. The molecule has 0 bridgehead atoms. The van der Waals surface area contributed by atoms with Gasteiger partial charge in [0.05, 0.1) is 0 Å². The van der Waals surface area contributed by atoms with Gasteiger partial charge in [-0.3, -0.25) is 4.90 Å². The van der Waals surface area contributed by atoms with Crippen LogP contribution in [0.2, 0.25) is 0 Å². The molecule has 0 aliphatic carbocycles. The van der Waals surface area contributed by atoms with Crippen LogP contribution in [0.4, 0.5) is 0 Å². The first-order chi connectivity index (χ1) is 10.1. The summed E-state index contributed by atoms with van der Waals surface area (Å²) in [5, 5.41) is 3.94. The highest BCUT2D eigenvalue weighted by Crippen LogP contribution is 2.30. The van der Waals surface area contributed by atoms with Crippen LogP contribution in [0.3, 0.4) is 0 Å². The molecule has 116 valence electrons. The summed E-state index contributed by atoms with van der Waals surface area (Å²) in [4.78, 5) is 2.71. The second-order valence-electron chi connectivity index (χ2n) is 7.18. The lowest BCUT2D eigenvalue weighted by Crippen LogP contribution is -2.45. The Balaban J connectivity index is 1.71. The second kappa shape index (κ2) is 6.10. The second-order valence-corrected chi connectivity index (χ2v) is 7.18. The fourth-order valence-electron chi connectivity index (χ4n) is 4.30. The van der Waals surface area contributed by atoms with Crippen LogP contribution in [0.1, 0.15) is 60.9 Å². The van der Waals surface area contributed by atoms with Gasteiger partial charge in [0, 0.05) is 24.7 Å². The van der Waals surface area contributed by atoms with Crippen molar-refractivity contribution >= 4 is 0 Å². The van der Waals surface area contributed by atoms with Crippen molar-refractivity contribution in [2.75, 3.05) is 13.1 Å². The minimum absolute atomic E-state index is 0.455. The van der Waals surface area contributed by atoms with Crippen molar-refractivity contribution in [2.24, 2.45) is 0 Å². The van der Waals surface area contributed by atoms with E-state index in [-0.39, 0.29) is 0 Å². The zero-order chi connectivity index (χ0) is 15.0. The number of nitrogens with one attached hydrogen (secondary N) is 1. The molecule has 0 radical (unpaired) electrons. The summed E-state index contributed by atoms with van der Waals surface area (Å²) in [6.07, 6.45) is 5.51. The maximum atomic E-state index is 3.94. The molecule has 0 saturated carbocycles. The van der Waals surface area contributed by atoms with Gasteiger partial charge >= 0.3 is 0 Å². The van der Waals surface area contributed by atoms with Crippen molar-refractivity contribution in [3.8, 4) is 0 Å². The van der Waals surface area contributed by atoms with E-state index in [2.05, 4.69) is 50.0 Å². The van der Waals surface area contributed by atoms with Gasteiger partial charge in [0.25, 0.3) is 0 Å². The van der Waals surface area contributed by atoms with Gasteiger partial charge in [-0.05, 0) is 75.8 Å². The Hall–Kier alpha value is -0.860. The highest BCUT2D eigenvalue weighted by atomic mass is 15.2. The Morgan fingerprint density at radius 3 is 2.57 bits per heavy atom. The molecule has 1 aromatic carbocycles. The first-order valence-electron chi connectivity index (χ1n) is 8.64. The fourth-order valence-corrected chi connectivity index (χ4v) is 4.30. The van der Waals surface area contributed by atoms with Crippen molar-refractivity contribution in [2.45, 2.75) is 71.5 Å². The summed E-state index contributed by atoms with van der Waals surface area (Å²) in [5.74, 6) is 0. The summed E-state index contributed by atoms with van der Waals surface area (Å²) in [7, 11) is 0. The smallest absolute Gasteiger partial charge is 0.0297 e. The molecule has 2 heterocycles. The normalized spacial score (nSPS) is 27.6. The number of nitrogens with zero attached hydrogens (tertiary/aromatic N) is 1. The molecule has 2 saturated heterocycles. The Morgan fingerprint density at radius 1 is 1.00 bits per heavy atom. The summed E-state index contributed by atoms with van der Waals surface area (Å²) < 4.78 is 0. The molecule has 2 nitrogen and oxygen atoms in total. The van der Waals surface area contributed by atoms with E-state index in [9.17, 15) is 0 Å². The van der Waals surface area contributed by atoms with E-state index < -0.39 is 0 Å². The standard InChI is InChI=1S/C19H30N2/c1-13-11-15(3)17(12-14(13)2)16(4)20-18-8-10-21-9-6-5-7-19(18)21/h11-12,16,18-20H,5-10H2,1-4H3. The van der Waals surface area contributed by atoms with E-state index in [1.807, 2.05) is 0 Å². The first-order valence-corrected chi connectivity index (χ1v) is 8.64. The molecule has 2 aliphatic heterocycles. The SMILES string of the molecule is Cc1cc(C)c(C(C)NC2CCN3CCCCC23)cc1C. The maximum absolute atomic E-state index is 3.94.